The third-order valence-electron chi connectivity index (χ3n) is 4.54. The summed E-state index contributed by atoms with van der Waals surface area (Å²) >= 11 is 0. The molecular formula is C19H26N2O3. The molecule has 2 heterocycles. The Hall–Kier alpha value is -2.01. The van der Waals surface area contributed by atoms with Crippen molar-refractivity contribution < 1.29 is 14.6 Å². The molecule has 1 aromatic carbocycles. The molecule has 2 N–H and O–H groups in total. The van der Waals surface area contributed by atoms with Crippen molar-refractivity contribution in [2.45, 2.75) is 45.3 Å². The van der Waals surface area contributed by atoms with E-state index in [2.05, 4.69) is 30.4 Å². The lowest BCUT2D eigenvalue weighted by Crippen LogP contribution is -2.45. The van der Waals surface area contributed by atoms with Crippen LogP contribution in [-0.2, 0) is 4.74 Å². The molecule has 1 amide bonds. The molecule has 3 rings (SSSR count). The van der Waals surface area contributed by atoms with Gasteiger partial charge in [0.2, 0.25) is 0 Å². The first kappa shape index (κ1) is 16.8. The number of β-amino-alcohol motifs (C(OH)–C–C–N with tert-alkyl or cyclic N) is 1. The van der Waals surface area contributed by atoms with E-state index < -0.39 is 11.7 Å². The summed E-state index contributed by atoms with van der Waals surface area (Å²) in [6.45, 7) is 9.15. The summed E-state index contributed by atoms with van der Waals surface area (Å²) in [5.74, 6) is 0.163. The number of hydrogen-bond acceptors (Lipinski definition) is 4. The smallest absolute Gasteiger partial charge is 0.410 e. The minimum atomic E-state index is -0.662. The van der Waals surface area contributed by atoms with E-state index in [1.165, 1.54) is 16.8 Å². The lowest BCUT2D eigenvalue weighted by atomic mass is 9.87. The number of para-hydroxylation sites is 1. The van der Waals surface area contributed by atoms with Crippen LogP contribution >= 0.6 is 0 Å². The Morgan fingerprint density at radius 1 is 1.38 bits per heavy atom. The average Bonchev–Trinajstić information content (AvgIpc) is 2.90. The van der Waals surface area contributed by atoms with Gasteiger partial charge in [0.05, 0.1) is 12.6 Å². The highest BCUT2D eigenvalue weighted by Gasteiger charge is 2.34. The Morgan fingerprint density at radius 3 is 2.79 bits per heavy atom. The number of carbonyl (C=O) groups is 1. The first-order valence-corrected chi connectivity index (χ1v) is 8.45. The van der Waals surface area contributed by atoms with Crippen LogP contribution in [0.2, 0.25) is 0 Å². The molecule has 0 bridgehead atoms. The van der Waals surface area contributed by atoms with Crippen LogP contribution in [0.5, 0.6) is 0 Å². The maximum Gasteiger partial charge on any atom is 0.410 e. The van der Waals surface area contributed by atoms with E-state index in [0.717, 1.165) is 12.1 Å². The number of nitrogens with one attached hydrogen (secondary N) is 1. The molecule has 0 aromatic heterocycles. The number of anilines is 1. The van der Waals surface area contributed by atoms with E-state index in [1.807, 2.05) is 26.8 Å². The molecule has 0 fully saturated rings. The van der Waals surface area contributed by atoms with Gasteiger partial charge in [-0.1, -0.05) is 24.3 Å². The van der Waals surface area contributed by atoms with Gasteiger partial charge in [0.1, 0.15) is 5.60 Å². The zero-order valence-corrected chi connectivity index (χ0v) is 14.8. The van der Waals surface area contributed by atoms with Crippen molar-refractivity contribution in [1.29, 1.82) is 0 Å². The molecule has 0 spiro atoms. The fraction of sp³-hybridized carbons (Fsp3) is 0.526. The van der Waals surface area contributed by atoms with Gasteiger partial charge in [-0.15, -0.1) is 0 Å². The highest BCUT2D eigenvalue weighted by atomic mass is 16.6. The Labute approximate surface area is 143 Å². The number of aliphatic hydroxyl groups excluding tert-OH is 1. The van der Waals surface area contributed by atoms with E-state index >= 15 is 0 Å². The second kappa shape index (κ2) is 6.13. The monoisotopic (exact) mass is 330 g/mol. The topological polar surface area (TPSA) is 61.8 Å². The Morgan fingerprint density at radius 2 is 2.12 bits per heavy atom. The third kappa shape index (κ3) is 3.26. The predicted molar refractivity (Wildman–Crippen MR) is 94.3 cm³/mol. The van der Waals surface area contributed by atoms with Crippen LogP contribution in [0.25, 0.3) is 0 Å². The molecule has 5 heteroatoms. The van der Waals surface area contributed by atoms with Crippen LogP contribution in [0.3, 0.4) is 0 Å². The van der Waals surface area contributed by atoms with Gasteiger partial charge in [0.25, 0.3) is 0 Å². The molecule has 0 saturated heterocycles. The second-order valence-electron chi connectivity index (χ2n) is 7.58. The minimum Gasteiger partial charge on any atom is -0.444 e. The van der Waals surface area contributed by atoms with E-state index in [-0.39, 0.29) is 18.6 Å². The number of ether oxygens (including phenoxy) is 1. The fourth-order valence-electron chi connectivity index (χ4n) is 3.42. The van der Waals surface area contributed by atoms with Gasteiger partial charge in [-0.05, 0) is 44.4 Å². The second-order valence-corrected chi connectivity index (χ2v) is 7.58. The number of fused-ring (bicyclic) bond motifs is 1. The van der Waals surface area contributed by atoms with Crippen LogP contribution in [0.1, 0.15) is 37.8 Å². The highest BCUT2D eigenvalue weighted by Crippen LogP contribution is 2.40. The van der Waals surface area contributed by atoms with Crippen molar-refractivity contribution in [3.05, 3.63) is 41.0 Å². The first-order valence-electron chi connectivity index (χ1n) is 8.45. The molecule has 1 aromatic rings. The Kier molecular flexibility index (Phi) is 4.30. The number of aryl methyl sites for hydroxylation is 1. The summed E-state index contributed by atoms with van der Waals surface area (Å²) in [6.07, 6.45) is 0.934. The molecule has 0 aliphatic carbocycles. The van der Waals surface area contributed by atoms with Crippen LogP contribution in [0.15, 0.2) is 29.8 Å². The van der Waals surface area contributed by atoms with E-state index in [1.54, 1.807) is 4.90 Å². The molecule has 0 saturated carbocycles. The molecule has 2 atom stereocenters. The summed E-state index contributed by atoms with van der Waals surface area (Å²) < 4.78 is 5.39. The highest BCUT2D eigenvalue weighted by molar-refractivity contribution is 5.69. The third-order valence-corrected chi connectivity index (χ3v) is 4.54. The molecule has 2 aliphatic rings. The first-order chi connectivity index (χ1) is 11.3. The van der Waals surface area contributed by atoms with Crippen molar-refractivity contribution >= 4 is 11.8 Å². The maximum absolute atomic E-state index is 12.2. The largest absolute Gasteiger partial charge is 0.444 e. The van der Waals surface area contributed by atoms with Crippen molar-refractivity contribution in [2.75, 3.05) is 25.0 Å². The number of benzene rings is 1. The minimum absolute atomic E-state index is 0.163. The van der Waals surface area contributed by atoms with E-state index in [9.17, 15) is 9.90 Å². The zero-order valence-electron chi connectivity index (χ0n) is 14.8. The predicted octanol–water partition coefficient (Wildman–Crippen LogP) is 3.04. The van der Waals surface area contributed by atoms with Crippen LogP contribution in [0.4, 0.5) is 10.5 Å². The average molecular weight is 330 g/mol. The molecule has 2 unspecified atom stereocenters. The maximum atomic E-state index is 12.2. The van der Waals surface area contributed by atoms with Gasteiger partial charge in [-0.3, -0.25) is 0 Å². The summed E-state index contributed by atoms with van der Waals surface area (Å²) in [7, 11) is 0. The summed E-state index contributed by atoms with van der Waals surface area (Å²) in [6, 6.07) is 6.25. The number of hydrogen-bond donors (Lipinski definition) is 2. The van der Waals surface area contributed by atoms with Crippen molar-refractivity contribution in [3.63, 3.8) is 0 Å². The number of amides is 1. The van der Waals surface area contributed by atoms with Crippen LogP contribution in [-0.4, -0.2) is 47.4 Å². The molecule has 0 radical (unpaired) electrons. The van der Waals surface area contributed by atoms with Crippen molar-refractivity contribution in [3.8, 4) is 0 Å². The van der Waals surface area contributed by atoms with Gasteiger partial charge in [0.15, 0.2) is 0 Å². The van der Waals surface area contributed by atoms with E-state index in [0.29, 0.717) is 6.54 Å². The standard InChI is InChI=1S/C19H26N2O3/c1-12-6-5-7-14-15(10-20-17(12)14)13-8-9-21(11-16(13)22)18(23)24-19(2,3)4/h5-8,15-16,20,22H,9-11H2,1-4H3. The van der Waals surface area contributed by atoms with Gasteiger partial charge in [-0.25, -0.2) is 4.79 Å². The lowest BCUT2D eigenvalue weighted by molar-refractivity contribution is 0.0174. The van der Waals surface area contributed by atoms with E-state index in [4.69, 9.17) is 4.74 Å². The number of carbonyl (C=O) groups excluding carboxylic acids is 1. The summed E-state index contributed by atoms with van der Waals surface area (Å²) in [5.41, 5.74) is 4.08. The van der Waals surface area contributed by atoms with Gasteiger partial charge in [-0.2, -0.15) is 0 Å². The molecule has 24 heavy (non-hydrogen) atoms. The van der Waals surface area contributed by atoms with Crippen LogP contribution in [0, 0.1) is 6.92 Å². The fourth-order valence-corrected chi connectivity index (χ4v) is 3.42. The number of aliphatic hydroxyl groups is 1. The molecule has 5 nitrogen and oxygen atoms in total. The Balaban J connectivity index is 1.76. The SMILES string of the molecule is Cc1cccc2c1NCC2C1=CCN(C(=O)OC(C)(C)C)CC1O. The number of rotatable bonds is 1. The normalized spacial score (nSPS) is 23.4. The Bertz CT molecular complexity index is 676. The number of nitrogens with zero attached hydrogens (tertiary/aromatic N) is 1. The molecule has 2 aliphatic heterocycles. The quantitative estimate of drug-likeness (QED) is 0.777. The van der Waals surface area contributed by atoms with Gasteiger partial charge in [0, 0.05) is 24.7 Å². The summed E-state index contributed by atoms with van der Waals surface area (Å²) in [5, 5.41) is 14.0. The molecule has 130 valence electrons. The van der Waals surface area contributed by atoms with Gasteiger partial charge < -0.3 is 20.1 Å². The molecular weight excluding hydrogens is 304 g/mol. The van der Waals surface area contributed by atoms with Crippen LogP contribution < -0.4 is 5.32 Å². The summed E-state index contributed by atoms with van der Waals surface area (Å²) in [4.78, 5) is 13.7. The lowest BCUT2D eigenvalue weighted by Gasteiger charge is -2.33. The van der Waals surface area contributed by atoms with Crippen molar-refractivity contribution in [1.82, 2.24) is 4.90 Å². The van der Waals surface area contributed by atoms with Crippen molar-refractivity contribution in [2.24, 2.45) is 0 Å². The van der Waals surface area contributed by atoms with Gasteiger partial charge >= 0.3 is 6.09 Å². The zero-order chi connectivity index (χ0) is 17.5.